The summed E-state index contributed by atoms with van der Waals surface area (Å²) in [5, 5.41) is 0.775. The molecule has 2 aromatic heterocycles. The molecule has 1 aliphatic carbocycles. The molecule has 1 saturated heterocycles. The average Bonchev–Trinajstić information content (AvgIpc) is 3.06. The molecule has 0 spiro atoms. The summed E-state index contributed by atoms with van der Waals surface area (Å²) in [4.78, 5) is 26.4. The summed E-state index contributed by atoms with van der Waals surface area (Å²) in [6.07, 6.45) is 9.55. The molecule has 3 aromatic rings. The van der Waals surface area contributed by atoms with Crippen LogP contribution < -0.4 is 4.90 Å². The third kappa shape index (κ3) is 5.03. The first kappa shape index (κ1) is 24.5. The maximum absolute atomic E-state index is 13.0. The number of carbonyl (C=O) groups excluding carboxylic acids is 1. The van der Waals surface area contributed by atoms with Gasteiger partial charge in [0.1, 0.15) is 0 Å². The van der Waals surface area contributed by atoms with Gasteiger partial charge in [-0.15, -0.1) is 0 Å². The first-order chi connectivity index (χ1) is 17.6. The molecule has 36 heavy (non-hydrogen) atoms. The van der Waals surface area contributed by atoms with Crippen LogP contribution in [0.4, 0.5) is 5.69 Å². The number of fused-ring (bicyclic) bond motifs is 2. The van der Waals surface area contributed by atoms with Crippen LogP contribution in [-0.2, 0) is 24.1 Å². The Kier molecular flexibility index (Phi) is 7.38. The topological polar surface area (TPSA) is 49.3 Å². The van der Waals surface area contributed by atoms with E-state index >= 15 is 0 Å². The van der Waals surface area contributed by atoms with E-state index in [2.05, 4.69) is 41.9 Å². The Hall–Kier alpha value is -3.18. The third-order valence-electron chi connectivity index (χ3n) is 7.50. The molecule has 0 unspecified atom stereocenters. The highest BCUT2D eigenvalue weighted by molar-refractivity contribution is 6.30. The number of amides is 1. The maximum atomic E-state index is 13.0. The molecule has 2 aliphatic rings. The number of pyridine rings is 2. The molecular formula is C30H33ClN4O. The highest BCUT2D eigenvalue weighted by Crippen LogP contribution is 2.39. The van der Waals surface area contributed by atoms with Gasteiger partial charge >= 0.3 is 0 Å². The number of hydrogen-bond donors (Lipinski definition) is 0. The summed E-state index contributed by atoms with van der Waals surface area (Å²) in [5.74, 6) is 0.181. The summed E-state index contributed by atoms with van der Waals surface area (Å²) >= 11 is 6.41. The smallest absolute Gasteiger partial charge is 0.227 e. The van der Waals surface area contributed by atoms with Gasteiger partial charge in [0.2, 0.25) is 5.91 Å². The van der Waals surface area contributed by atoms with E-state index in [1.807, 2.05) is 29.3 Å². The zero-order valence-corrected chi connectivity index (χ0v) is 21.9. The van der Waals surface area contributed by atoms with Crippen molar-refractivity contribution >= 4 is 28.8 Å². The monoisotopic (exact) mass is 500 g/mol. The van der Waals surface area contributed by atoms with Crippen LogP contribution in [-0.4, -0.2) is 47.0 Å². The van der Waals surface area contributed by atoms with Gasteiger partial charge in [0.25, 0.3) is 0 Å². The van der Waals surface area contributed by atoms with Gasteiger partial charge in [0, 0.05) is 49.2 Å². The molecule has 6 heteroatoms. The lowest BCUT2D eigenvalue weighted by atomic mass is 9.88. The molecular weight excluding hydrogens is 468 g/mol. The molecule has 5 nitrogen and oxygen atoms in total. The Labute approximate surface area is 218 Å². The SMILES string of the molecule is CCN(CC)c1cnc2c(c1)CCc1cc(Cl)ccc1C2=C1CCN(C(=O)Cc2ccncc2)CC1. The number of anilines is 1. The minimum Gasteiger partial charge on any atom is -0.371 e. The van der Waals surface area contributed by atoms with Gasteiger partial charge in [-0.3, -0.25) is 14.8 Å². The predicted octanol–water partition coefficient (Wildman–Crippen LogP) is 5.74. The van der Waals surface area contributed by atoms with Gasteiger partial charge in [0.05, 0.1) is 24.0 Å². The van der Waals surface area contributed by atoms with Crippen molar-refractivity contribution in [1.82, 2.24) is 14.9 Å². The zero-order valence-electron chi connectivity index (χ0n) is 21.1. The fourth-order valence-electron chi connectivity index (χ4n) is 5.51. The van der Waals surface area contributed by atoms with E-state index < -0.39 is 0 Å². The van der Waals surface area contributed by atoms with Crippen molar-refractivity contribution in [2.45, 2.75) is 46.0 Å². The molecule has 1 aliphatic heterocycles. The molecule has 1 fully saturated rings. The predicted molar refractivity (Wildman–Crippen MR) is 146 cm³/mol. The average molecular weight is 501 g/mol. The second-order valence-electron chi connectivity index (χ2n) is 9.57. The van der Waals surface area contributed by atoms with Crippen LogP contribution >= 0.6 is 11.6 Å². The quantitative estimate of drug-likeness (QED) is 0.448. The van der Waals surface area contributed by atoms with Crippen molar-refractivity contribution in [2.75, 3.05) is 31.1 Å². The van der Waals surface area contributed by atoms with Crippen molar-refractivity contribution in [3.63, 3.8) is 0 Å². The lowest BCUT2D eigenvalue weighted by Crippen LogP contribution is -2.37. The first-order valence-electron chi connectivity index (χ1n) is 13.0. The van der Waals surface area contributed by atoms with Gasteiger partial charge in [-0.05, 0) is 92.1 Å². The van der Waals surface area contributed by atoms with E-state index in [-0.39, 0.29) is 5.91 Å². The van der Waals surface area contributed by atoms with Crippen molar-refractivity contribution in [3.05, 3.63) is 93.5 Å². The number of rotatable bonds is 5. The first-order valence-corrected chi connectivity index (χ1v) is 13.4. The molecule has 0 atom stereocenters. The molecule has 3 heterocycles. The number of aryl methyl sites for hydroxylation is 2. The molecule has 0 radical (unpaired) electrons. The molecule has 0 bridgehead atoms. The van der Waals surface area contributed by atoms with E-state index in [1.54, 1.807) is 12.4 Å². The van der Waals surface area contributed by atoms with E-state index in [9.17, 15) is 4.79 Å². The zero-order chi connectivity index (χ0) is 25.1. The number of nitrogens with zero attached hydrogens (tertiary/aromatic N) is 4. The maximum Gasteiger partial charge on any atom is 0.227 e. The second-order valence-corrected chi connectivity index (χ2v) is 10.0. The van der Waals surface area contributed by atoms with Crippen molar-refractivity contribution in [2.24, 2.45) is 0 Å². The van der Waals surface area contributed by atoms with Gasteiger partial charge in [0.15, 0.2) is 0 Å². The summed E-state index contributed by atoms with van der Waals surface area (Å²) < 4.78 is 0. The molecule has 1 amide bonds. The minimum atomic E-state index is 0.181. The van der Waals surface area contributed by atoms with Gasteiger partial charge in [-0.25, -0.2) is 0 Å². The van der Waals surface area contributed by atoms with Crippen LogP contribution in [0, 0.1) is 0 Å². The minimum absolute atomic E-state index is 0.181. The van der Waals surface area contributed by atoms with Crippen LogP contribution in [0.1, 0.15) is 54.6 Å². The second kappa shape index (κ2) is 10.8. The summed E-state index contributed by atoms with van der Waals surface area (Å²) in [5.41, 5.74) is 9.75. The largest absolute Gasteiger partial charge is 0.371 e. The highest BCUT2D eigenvalue weighted by atomic mass is 35.5. The fourth-order valence-corrected chi connectivity index (χ4v) is 5.70. The van der Waals surface area contributed by atoms with E-state index in [0.717, 1.165) is 68.1 Å². The lowest BCUT2D eigenvalue weighted by Gasteiger charge is -2.30. The van der Waals surface area contributed by atoms with E-state index in [1.165, 1.54) is 33.5 Å². The van der Waals surface area contributed by atoms with Crippen molar-refractivity contribution < 1.29 is 4.79 Å². The Morgan fingerprint density at radius 2 is 1.69 bits per heavy atom. The van der Waals surface area contributed by atoms with Crippen LogP contribution in [0.5, 0.6) is 0 Å². The van der Waals surface area contributed by atoms with Gasteiger partial charge < -0.3 is 9.80 Å². The van der Waals surface area contributed by atoms with Crippen LogP contribution in [0.25, 0.3) is 5.57 Å². The summed E-state index contributed by atoms with van der Waals surface area (Å²) in [6, 6.07) is 12.4. The lowest BCUT2D eigenvalue weighted by molar-refractivity contribution is -0.130. The van der Waals surface area contributed by atoms with Crippen LogP contribution in [0.15, 0.2) is 60.6 Å². The summed E-state index contributed by atoms with van der Waals surface area (Å²) in [6.45, 7) is 7.76. The fraction of sp³-hybridized carbons (Fsp3) is 0.367. The number of carbonyl (C=O) groups is 1. The molecule has 186 valence electrons. The molecule has 0 saturated carbocycles. The Bertz CT molecular complexity index is 1270. The van der Waals surface area contributed by atoms with Gasteiger partial charge in [-0.1, -0.05) is 23.2 Å². The van der Waals surface area contributed by atoms with Crippen LogP contribution in [0.2, 0.25) is 5.02 Å². The number of hydrogen-bond acceptors (Lipinski definition) is 4. The molecule has 1 aromatic carbocycles. The standard InChI is InChI=1S/C30H33ClN4O/c1-3-34(4-2)26-19-24-6-5-23-18-25(31)7-8-27(23)29(30(24)33-20-26)22-11-15-35(16-12-22)28(36)17-21-9-13-32-14-10-21/h7-10,13-14,18-20H,3-6,11-12,15-17H2,1-2H3. The number of halogens is 1. The Balaban J connectivity index is 1.47. The normalized spacial score (nSPS) is 15.2. The summed E-state index contributed by atoms with van der Waals surface area (Å²) in [7, 11) is 0. The Morgan fingerprint density at radius 1 is 0.972 bits per heavy atom. The van der Waals surface area contributed by atoms with Gasteiger partial charge in [-0.2, -0.15) is 0 Å². The van der Waals surface area contributed by atoms with Crippen LogP contribution in [0.3, 0.4) is 0 Å². The highest BCUT2D eigenvalue weighted by Gasteiger charge is 2.27. The number of piperidine rings is 1. The third-order valence-corrected chi connectivity index (χ3v) is 7.73. The number of benzene rings is 1. The van der Waals surface area contributed by atoms with E-state index in [0.29, 0.717) is 6.42 Å². The van der Waals surface area contributed by atoms with Crippen molar-refractivity contribution in [3.8, 4) is 0 Å². The number of likely N-dealkylation sites (tertiary alicyclic amines) is 1. The molecule has 5 rings (SSSR count). The number of aromatic nitrogens is 2. The van der Waals surface area contributed by atoms with E-state index in [4.69, 9.17) is 16.6 Å². The molecule has 0 N–H and O–H groups in total. The van der Waals surface area contributed by atoms with Crippen molar-refractivity contribution in [1.29, 1.82) is 0 Å². The Morgan fingerprint density at radius 3 is 2.42 bits per heavy atom.